The molecule has 1 saturated heterocycles. The third kappa shape index (κ3) is 4.13. The monoisotopic (exact) mass is 372 g/mol. The molecule has 3 rings (SSSR count). The van der Waals surface area contributed by atoms with Gasteiger partial charge in [0.2, 0.25) is 5.91 Å². The van der Waals surface area contributed by atoms with Crippen LogP contribution in [-0.4, -0.2) is 47.6 Å². The Labute approximate surface area is 147 Å². The van der Waals surface area contributed by atoms with Crippen molar-refractivity contribution in [3.05, 3.63) is 29.6 Å². The maximum atomic E-state index is 13.0. The summed E-state index contributed by atoms with van der Waals surface area (Å²) in [6, 6.07) is 3.07. The van der Waals surface area contributed by atoms with E-state index in [0.29, 0.717) is 17.9 Å². The summed E-state index contributed by atoms with van der Waals surface area (Å²) in [4.78, 5) is 27.5. The molecule has 2 fully saturated rings. The number of amides is 2. The Morgan fingerprint density at radius 2 is 2.15 bits per heavy atom. The molecule has 3 N–H and O–H groups in total. The molecule has 0 radical (unpaired) electrons. The predicted octanol–water partition coefficient (Wildman–Crippen LogP) is 0.856. The third-order valence-electron chi connectivity index (χ3n) is 4.53. The highest BCUT2D eigenvalue weighted by Crippen LogP contribution is 2.51. The number of carbonyl (C=O) groups is 2. The van der Waals surface area contributed by atoms with E-state index in [4.69, 9.17) is 10.5 Å². The van der Waals surface area contributed by atoms with Crippen LogP contribution in [0.5, 0.6) is 0 Å². The number of hydrogen-bond acceptors (Lipinski definition) is 5. The van der Waals surface area contributed by atoms with E-state index >= 15 is 0 Å². The van der Waals surface area contributed by atoms with Gasteiger partial charge in [-0.25, -0.2) is 0 Å². The summed E-state index contributed by atoms with van der Waals surface area (Å²) in [5, 5.41) is 2.77. The summed E-state index contributed by atoms with van der Waals surface area (Å²) in [7, 11) is 0. The molecule has 10 heteroatoms. The molecular formula is C16H19F3N4O3. The highest BCUT2D eigenvalue weighted by atomic mass is 19.4. The van der Waals surface area contributed by atoms with Gasteiger partial charge in [0.1, 0.15) is 0 Å². The van der Waals surface area contributed by atoms with Crippen LogP contribution in [0.2, 0.25) is 0 Å². The van der Waals surface area contributed by atoms with E-state index < -0.39 is 24.2 Å². The van der Waals surface area contributed by atoms with Crippen molar-refractivity contribution in [2.24, 2.45) is 11.1 Å². The van der Waals surface area contributed by atoms with Crippen LogP contribution in [0.3, 0.4) is 0 Å². The second-order valence-electron chi connectivity index (χ2n) is 6.74. The fourth-order valence-electron chi connectivity index (χ4n) is 2.99. The number of halogens is 3. The van der Waals surface area contributed by atoms with Crippen molar-refractivity contribution < 1.29 is 27.5 Å². The first-order chi connectivity index (χ1) is 12.2. The fraction of sp³-hybridized carbons (Fsp3) is 0.562. The number of alkyl halides is 3. The van der Waals surface area contributed by atoms with Crippen molar-refractivity contribution in [3.8, 4) is 0 Å². The maximum absolute atomic E-state index is 13.0. The zero-order valence-corrected chi connectivity index (χ0v) is 13.9. The van der Waals surface area contributed by atoms with Crippen LogP contribution in [0.15, 0.2) is 18.3 Å². The van der Waals surface area contributed by atoms with E-state index in [1.165, 1.54) is 12.3 Å². The Hall–Kier alpha value is -2.20. The Morgan fingerprint density at radius 3 is 2.77 bits per heavy atom. The summed E-state index contributed by atoms with van der Waals surface area (Å²) >= 11 is 0. The van der Waals surface area contributed by atoms with Crippen LogP contribution >= 0.6 is 0 Å². The van der Waals surface area contributed by atoms with Crippen LogP contribution in [0.4, 0.5) is 13.2 Å². The third-order valence-corrected chi connectivity index (χ3v) is 4.53. The van der Waals surface area contributed by atoms with Gasteiger partial charge in [0.25, 0.3) is 0 Å². The number of carbonyl (C=O) groups excluding carboxylic acids is 2. The molecule has 142 valence electrons. The van der Waals surface area contributed by atoms with E-state index in [1.54, 1.807) is 6.07 Å². The number of primary amides is 1. The lowest BCUT2D eigenvalue weighted by molar-refractivity contribution is -0.210. The van der Waals surface area contributed by atoms with Gasteiger partial charge in [-0.05, 0) is 25.0 Å². The molecule has 1 unspecified atom stereocenters. The van der Waals surface area contributed by atoms with Crippen molar-refractivity contribution in [2.75, 3.05) is 19.7 Å². The minimum atomic E-state index is -4.96. The van der Waals surface area contributed by atoms with Crippen LogP contribution in [0.25, 0.3) is 0 Å². The number of ether oxygens (including phenoxy) is 1. The average molecular weight is 372 g/mol. The molecule has 1 atom stereocenters. The topological polar surface area (TPSA) is 97.5 Å². The summed E-state index contributed by atoms with van der Waals surface area (Å²) in [5.74, 6) is -2.44. The standard InChI is InChI=1S/C16H19F3N4O3/c17-16(18,19)14(25)23-8-15(2-3-15)9-26-13(23)10-1-4-22-11(5-10)6-21-7-12(20)24/h1,4-5,13,21H,2-3,6-9H2,(H2,20,24). The lowest BCUT2D eigenvalue weighted by atomic mass is 10.0. The SMILES string of the molecule is NC(=O)CNCc1cc(C2OCC3(CC3)CN2C(=O)C(F)(F)F)ccn1. The van der Waals surface area contributed by atoms with Crippen molar-refractivity contribution in [3.63, 3.8) is 0 Å². The lowest BCUT2D eigenvalue weighted by Crippen LogP contribution is -2.50. The zero-order valence-electron chi connectivity index (χ0n) is 13.9. The van der Waals surface area contributed by atoms with Crippen molar-refractivity contribution in [1.29, 1.82) is 0 Å². The Kier molecular flexibility index (Phi) is 4.89. The molecular weight excluding hydrogens is 353 g/mol. The van der Waals surface area contributed by atoms with Gasteiger partial charge in [0.15, 0.2) is 6.23 Å². The smallest absolute Gasteiger partial charge is 0.369 e. The highest BCUT2D eigenvalue weighted by molar-refractivity contribution is 5.82. The van der Waals surface area contributed by atoms with E-state index in [2.05, 4.69) is 10.3 Å². The highest BCUT2D eigenvalue weighted by Gasteiger charge is 2.54. The van der Waals surface area contributed by atoms with Gasteiger partial charge in [0.05, 0.1) is 18.8 Å². The van der Waals surface area contributed by atoms with E-state index in [1.807, 2.05) is 0 Å². The van der Waals surface area contributed by atoms with Gasteiger partial charge in [-0.3, -0.25) is 14.6 Å². The second kappa shape index (κ2) is 6.84. The number of pyridine rings is 1. The lowest BCUT2D eigenvalue weighted by Gasteiger charge is -2.40. The molecule has 1 spiro atoms. The number of nitrogens with two attached hydrogens (primary N) is 1. The van der Waals surface area contributed by atoms with Gasteiger partial charge >= 0.3 is 12.1 Å². The Balaban J connectivity index is 1.79. The van der Waals surface area contributed by atoms with E-state index in [0.717, 1.165) is 17.7 Å². The summed E-state index contributed by atoms with van der Waals surface area (Å²) in [6.45, 7) is 0.498. The van der Waals surface area contributed by atoms with E-state index in [9.17, 15) is 22.8 Å². The molecule has 2 heterocycles. The van der Waals surface area contributed by atoms with Crippen LogP contribution < -0.4 is 11.1 Å². The van der Waals surface area contributed by atoms with E-state index in [-0.39, 0.29) is 25.0 Å². The van der Waals surface area contributed by atoms with Crippen LogP contribution in [0.1, 0.15) is 30.3 Å². The maximum Gasteiger partial charge on any atom is 0.471 e. The molecule has 7 nitrogen and oxygen atoms in total. The Bertz CT molecular complexity index is 706. The number of nitrogens with one attached hydrogen (secondary N) is 1. The van der Waals surface area contributed by atoms with Crippen molar-refractivity contribution in [1.82, 2.24) is 15.2 Å². The van der Waals surface area contributed by atoms with Gasteiger partial charge < -0.3 is 20.7 Å². The summed E-state index contributed by atoms with van der Waals surface area (Å²) < 4.78 is 44.7. The first-order valence-electron chi connectivity index (χ1n) is 8.13. The largest absolute Gasteiger partial charge is 0.471 e. The van der Waals surface area contributed by atoms with Gasteiger partial charge in [-0.2, -0.15) is 13.2 Å². The minimum Gasteiger partial charge on any atom is -0.369 e. The molecule has 1 aliphatic heterocycles. The molecule has 1 aromatic heterocycles. The van der Waals surface area contributed by atoms with Crippen LogP contribution in [0, 0.1) is 5.41 Å². The van der Waals surface area contributed by atoms with Gasteiger partial charge in [0, 0.05) is 30.3 Å². The van der Waals surface area contributed by atoms with Crippen molar-refractivity contribution in [2.45, 2.75) is 31.8 Å². The molecule has 1 aromatic rings. The molecule has 1 aliphatic carbocycles. The van der Waals surface area contributed by atoms with Gasteiger partial charge in [-0.15, -0.1) is 0 Å². The summed E-state index contributed by atoms with van der Waals surface area (Å²) in [6.07, 6.45) is -3.15. The quantitative estimate of drug-likeness (QED) is 0.799. The normalized spacial score (nSPS) is 21.7. The van der Waals surface area contributed by atoms with Crippen molar-refractivity contribution >= 4 is 11.8 Å². The number of nitrogens with zero attached hydrogens (tertiary/aromatic N) is 2. The predicted molar refractivity (Wildman–Crippen MR) is 83.3 cm³/mol. The molecule has 0 bridgehead atoms. The zero-order chi connectivity index (χ0) is 18.9. The molecule has 0 aromatic carbocycles. The first-order valence-corrected chi connectivity index (χ1v) is 8.13. The number of aromatic nitrogens is 1. The number of hydrogen-bond donors (Lipinski definition) is 2. The molecule has 2 aliphatic rings. The fourth-order valence-corrected chi connectivity index (χ4v) is 2.99. The molecule has 2 amide bonds. The molecule has 1 saturated carbocycles. The van der Waals surface area contributed by atoms with Crippen LogP contribution in [-0.2, 0) is 20.9 Å². The Morgan fingerprint density at radius 1 is 1.42 bits per heavy atom. The summed E-state index contributed by atoms with van der Waals surface area (Å²) in [5.41, 5.74) is 5.59. The number of rotatable bonds is 5. The molecule has 26 heavy (non-hydrogen) atoms. The minimum absolute atomic E-state index is 0.0214. The first kappa shape index (κ1) is 18.6. The average Bonchev–Trinajstić information content (AvgIpc) is 3.32. The second-order valence-corrected chi connectivity index (χ2v) is 6.74. The van der Waals surface area contributed by atoms with Gasteiger partial charge in [-0.1, -0.05) is 0 Å².